The standard InChI is InChI=1S/C42H50N8O6/c1-41(2)53-37-33-13-15-48-18-26-20-50(46-44-26)22-32-29-11-7-5-9-27(29)31(28-10-6-8-12-30(28)32)21-49-19-25(43-45-49)17-47(23-35(51-33)39(37)55-41)16-14-34-38-40(36(24-48)52-34)56-42(3,4)54-38/h5-12,19-20,33-40H,13-18,21-24H2,1-4H3/t33-,34-,35+,36+,37-,38-,39+,40+/m0/s1. The summed E-state index contributed by atoms with van der Waals surface area (Å²) in [7, 11) is 0. The van der Waals surface area contributed by atoms with Gasteiger partial charge in [0, 0.05) is 39.3 Å². The smallest absolute Gasteiger partial charge is 0.164 e. The zero-order chi connectivity index (χ0) is 37.8. The van der Waals surface area contributed by atoms with Gasteiger partial charge in [0.15, 0.2) is 11.6 Å². The normalized spacial score (nSPS) is 35.0. The Morgan fingerprint density at radius 1 is 0.518 bits per heavy atom. The van der Waals surface area contributed by atoms with Gasteiger partial charge in [-0.1, -0.05) is 59.0 Å². The van der Waals surface area contributed by atoms with Crippen LogP contribution in [0, 0.1) is 0 Å². The molecular weight excluding hydrogens is 713 g/mol. The largest absolute Gasteiger partial charge is 0.368 e. The van der Waals surface area contributed by atoms with E-state index in [1.54, 1.807) is 0 Å². The third-order valence-corrected chi connectivity index (χ3v) is 12.6. The van der Waals surface area contributed by atoms with Crippen LogP contribution in [0.15, 0.2) is 60.9 Å². The number of fused-ring (bicyclic) bond motifs is 5. The zero-order valence-corrected chi connectivity index (χ0v) is 32.5. The maximum atomic E-state index is 6.91. The molecule has 0 amide bonds. The lowest BCUT2D eigenvalue weighted by atomic mass is 9.91. The van der Waals surface area contributed by atoms with Crippen LogP contribution in [0.2, 0.25) is 0 Å². The van der Waals surface area contributed by atoms with Gasteiger partial charge in [-0.2, -0.15) is 0 Å². The summed E-state index contributed by atoms with van der Waals surface area (Å²) in [5.41, 5.74) is 4.23. The molecule has 3 aromatic carbocycles. The minimum atomic E-state index is -0.685. The van der Waals surface area contributed by atoms with E-state index in [4.69, 9.17) is 49.0 Å². The molecule has 2 aromatic heterocycles. The minimum absolute atomic E-state index is 0.132. The van der Waals surface area contributed by atoms with Crippen LogP contribution in [0.25, 0.3) is 21.5 Å². The first-order valence-electron chi connectivity index (χ1n) is 20.3. The first-order valence-corrected chi connectivity index (χ1v) is 20.3. The Bertz CT molecular complexity index is 2060. The zero-order valence-electron chi connectivity index (χ0n) is 32.5. The Balaban J connectivity index is 1.03. The van der Waals surface area contributed by atoms with Crippen molar-refractivity contribution in [3.8, 4) is 0 Å². The van der Waals surface area contributed by atoms with Crippen LogP contribution in [0.1, 0.15) is 63.1 Å². The molecule has 0 N–H and O–H groups in total. The molecule has 9 heterocycles. The van der Waals surface area contributed by atoms with Crippen LogP contribution >= 0.6 is 0 Å². The third-order valence-electron chi connectivity index (χ3n) is 12.6. The molecule has 14 nitrogen and oxygen atoms in total. The van der Waals surface area contributed by atoms with E-state index in [1.165, 1.54) is 32.7 Å². The Kier molecular flexibility index (Phi) is 8.42. The molecule has 294 valence electrons. The quantitative estimate of drug-likeness (QED) is 0.210. The molecule has 0 radical (unpaired) electrons. The maximum Gasteiger partial charge on any atom is 0.164 e. The average Bonchev–Trinajstić information content (AvgIpc) is 4.02. The third kappa shape index (κ3) is 6.34. The molecular formula is C42H50N8O6. The van der Waals surface area contributed by atoms with Gasteiger partial charge in [-0.3, -0.25) is 9.80 Å². The summed E-state index contributed by atoms with van der Waals surface area (Å²) >= 11 is 0. The highest BCUT2D eigenvalue weighted by atomic mass is 16.8. The predicted octanol–water partition coefficient (Wildman–Crippen LogP) is 4.26. The van der Waals surface area contributed by atoms with Crippen molar-refractivity contribution in [2.24, 2.45) is 0 Å². The number of hydrogen-bond acceptors (Lipinski definition) is 12. The molecule has 7 aliphatic rings. The number of hydrogen-bond donors (Lipinski definition) is 0. The second kappa shape index (κ2) is 13.3. The van der Waals surface area contributed by atoms with Crippen LogP contribution in [-0.4, -0.2) is 126 Å². The Labute approximate surface area is 325 Å². The summed E-state index contributed by atoms with van der Waals surface area (Å²) in [6.07, 6.45) is 4.40. The first kappa shape index (κ1) is 35.3. The molecule has 14 heteroatoms. The number of ether oxygens (including phenoxy) is 6. The number of nitrogens with zero attached hydrogens (tertiary/aromatic N) is 8. The van der Waals surface area contributed by atoms with Crippen molar-refractivity contribution < 1.29 is 28.4 Å². The van der Waals surface area contributed by atoms with E-state index in [0.717, 1.165) is 37.3 Å². The lowest BCUT2D eigenvalue weighted by Crippen LogP contribution is -2.42. The van der Waals surface area contributed by atoms with E-state index in [9.17, 15) is 0 Å². The van der Waals surface area contributed by atoms with Gasteiger partial charge in [0.25, 0.3) is 0 Å². The van der Waals surface area contributed by atoms with E-state index in [-0.39, 0.29) is 48.8 Å². The highest BCUT2D eigenvalue weighted by molar-refractivity contribution is 6.05. The van der Waals surface area contributed by atoms with E-state index in [1.807, 2.05) is 37.1 Å². The summed E-state index contributed by atoms with van der Waals surface area (Å²) in [5.74, 6) is -1.37. The van der Waals surface area contributed by atoms with Crippen molar-refractivity contribution in [3.05, 3.63) is 83.4 Å². The van der Waals surface area contributed by atoms with Crippen molar-refractivity contribution in [2.75, 3.05) is 26.2 Å². The maximum absolute atomic E-state index is 6.91. The molecule has 5 fully saturated rings. The lowest BCUT2D eigenvalue weighted by molar-refractivity contribution is -0.194. The van der Waals surface area contributed by atoms with Crippen LogP contribution < -0.4 is 0 Å². The molecule has 7 aliphatic heterocycles. The number of aromatic nitrogens is 6. The fraction of sp³-hybridized carbons (Fsp3) is 0.571. The van der Waals surface area contributed by atoms with Crippen LogP contribution in [-0.2, 0) is 54.6 Å². The Morgan fingerprint density at radius 3 is 1.29 bits per heavy atom. The predicted molar refractivity (Wildman–Crippen MR) is 204 cm³/mol. The van der Waals surface area contributed by atoms with E-state index in [0.29, 0.717) is 39.3 Å². The molecule has 2 unspecified atom stereocenters. The van der Waals surface area contributed by atoms with Crippen molar-refractivity contribution in [1.29, 1.82) is 0 Å². The summed E-state index contributed by atoms with van der Waals surface area (Å²) in [6, 6.07) is 17.4. The molecule has 12 bridgehead atoms. The molecule has 0 saturated carbocycles. The molecule has 5 aromatic rings. The summed E-state index contributed by atoms with van der Waals surface area (Å²) in [6.45, 7) is 13.2. The summed E-state index contributed by atoms with van der Waals surface area (Å²) in [5, 5.41) is 23.7. The summed E-state index contributed by atoms with van der Waals surface area (Å²) < 4.78 is 44.1. The molecule has 0 spiro atoms. The van der Waals surface area contributed by atoms with Crippen LogP contribution in [0.4, 0.5) is 0 Å². The number of benzene rings is 3. The van der Waals surface area contributed by atoms with Gasteiger partial charge in [0.2, 0.25) is 0 Å². The highest BCUT2D eigenvalue weighted by Gasteiger charge is 2.57. The Morgan fingerprint density at radius 2 is 0.893 bits per heavy atom. The minimum Gasteiger partial charge on any atom is -0.368 e. The van der Waals surface area contributed by atoms with E-state index < -0.39 is 11.6 Å². The second-order valence-electron chi connectivity index (χ2n) is 17.5. The topological polar surface area (TPSA) is 123 Å². The lowest BCUT2D eigenvalue weighted by Gasteiger charge is -2.32. The fourth-order valence-electron chi connectivity index (χ4n) is 10.3. The molecule has 56 heavy (non-hydrogen) atoms. The van der Waals surface area contributed by atoms with Gasteiger partial charge in [-0.25, -0.2) is 9.36 Å². The highest BCUT2D eigenvalue weighted by Crippen LogP contribution is 2.43. The second-order valence-corrected chi connectivity index (χ2v) is 17.5. The first-order chi connectivity index (χ1) is 27.1. The van der Waals surface area contributed by atoms with E-state index >= 15 is 0 Å². The SMILES string of the molecule is CC1(C)O[C@@H]2[C@H](O1)[C@H]1CN3CC[C@@H]4O[C@H](CN(CC[C@@H]2O1)Cc1cn(nn1)Cc1c2ccccc2c(c2ccccc12)Cn1cc(nn1)C3)[C@H]1OC(C)(C)O[C@H]14. The summed E-state index contributed by atoms with van der Waals surface area (Å²) in [4.78, 5) is 4.85. The van der Waals surface area contributed by atoms with Gasteiger partial charge >= 0.3 is 0 Å². The molecule has 12 rings (SSSR count). The van der Waals surface area contributed by atoms with Gasteiger partial charge in [0.1, 0.15) is 24.4 Å². The van der Waals surface area contributed by atoms with Crippen molar-refractivity contribution in [3.63, 3.8) is 0 Å². The van der Waals surface area contributed by atoms with Gasteiger partial charge in [-0.15, -0.1) is 10.2 Å². The van der Waals surface area contributed by atoms with E-state index in [2.05, 4.69) is 70.7 Å². The number of rotatable bonds is 0. The van der Waals surface area contributed by atoms with Gasteiger partial charge in [0.05, 0.1) is 61.3 Å². The monoisotopic (exact) mass is 762 g/mol. The molecule has 5 saturated heterocycles. The van der Waals surface area contributed by atoms with Crippen LogP contribution in [0.3, 0.4) is 0 Å². The Hall–Kier alpha value is -3.86. The van der Waals surface area contributed by atoms with Crippen LogP contribution in [0.5, 0.6) is 0 Å². The van der Waals surface area contributed by atoms with Crippen molar-refractivity contribution in [2.45, 2.75) is 127 Å². The molecule has 10 atom stereocenters. The van der Waals surface area contributed by atoms with Crippen molar-refractivity contribution >= 4 is 21.5 Å². The fourth-order valence-corrected chi connectivity index (χ4v) is 10.3. The van der Waals surface area contributed by atoms with Crippen molar-refractivity contribution in [1.82, 2.24) is 39.8 Å². The molecule has 0 aliphatic carbocycles. The average molecular weight is 763 g/mol. The van der Waals surface area contributed by atoms with Gasteiger partial charge in [-0.05, 0) is 73.2 Å². The van der Waals surface area contributed by atoms with Gasteiger partial charge < -0.3 is 28.4 Å².